The second-order valence-electron chi connectivity index (χ2n) is 5.33. The molecule has 2 N–H and O–H groups in total. The van der Waals surface area contributed by atoms with Gasteiger partial charge >= 0.3 is 0 Å². The first-order valence-electron chi connectivity index (χ1n) is 7.61. The van der Waals surface area contributed by atoms with Crippen LogP contribution in [-0.2, 0) is 6.54 Å². The van der Waals surface area contributed by atoms with Gasteiger partial charge < -0.3 is 19.8 Å². The third-order valence-corrected chi connectivity index (χ3v) is 3.59. The monoisotopic (exact) mass is 338 g/mol. The fraction of sp³-hybridized carbons (Fsp3) is 0.105. The van der Waals surface area contributed by atoms with E-state index in [9.17, 15) is 0 Å². The molecule has 4 nitrogen and oxygen atoms in total. The highest BCUT2D eigenvalue weighted by Gasteiger charge is 2.01. The summed E-state index contributed by atoms with van der Waals surface area (Å²) in [7, 11) is 0. The Morgan fingerprint density at radius 2 is 1.88 bits per heavy atom. The Morgan fingerprint density at radius 1 is 1.04 bits per heavy atom. The average molecular weight is 338 g/mol. The van der Waals surface area contributed by atoms with Crippen molar-refractivity contribution in [1.82, 2.24) is 5.32 Å². The Morgan fingerprint density at radius 3 is 2.58 bits per heavy atom. The van der Waals surface area contributed by atoms with E-state index in [1.807, 2.05) is 67.6 Å². The third kappa shape index (κ3) is 4.60. The normalized spacial score (nSPS) is 10.2. The zero-order chi connectivity index (χ0) is 16.8. The summed E-state index contributed by atoms with van der Waals surface area (Å²) in [6, 6.07) is 19.3. The molecule has 0 unspecified atom stereocenters. The lowest BCUT2D eigenvalue weighted by molar-refractivity contribution is 0.482. The number of anilines is 1. The number of hydrogen-bond acceptors (Lipinski definition) is 3. The van der Waals surface area contributed by atoms with Crippen LogP contribution in [0.2, 0.25) is 0 Å². The van der Waals surface area contributed by atoms with E-state index in [-0.39, 0.29) is 0 Å². The van der Waals surface area contributed by atoms with Crippen molar-refractivity contribution in [2.45, 2.75) is 13.5 Å². The van der Waals surface area contributed by atoms with E-state index in [2.05, 4.69) is 10.6 Å². The first kappa shape index (κ1) is 16.1. The summed E-state index contributed by atoms with van der Waals surface area (Å²) >= 11 is 5.27. The van der Waals surface area contributed by atoms with E-state index in [4.69, 9.17) is 21.4 Å². The molecule has 0 atom stereocenters. The van der Waals surface area contributed by atoms with Crippen molar-refractivity contribution < 1.29 is 9.15 Å². The molecule has 0 spiro atoms. The van der Waals surface area contributed by atoms with E-state index in [0.717, 1.165) is 22.9 Å². The highest BCUT2D eigenvalue weighted by Crippen LogP contribution is 2.23. The van der Waals surface area contributed by atoms with Crippen LogP contribution >= 0.6 is 12.2 Å². The molecule has 24 heavy (non-hydrogen) atoms. The van der Waals surface area contributed by atoms with Gasteiger partial charge in [-0.2, -0.15) is 0 Å². The van der Waals surface area contributed by atoms with Gasteiger partial charge in [-0.25, -0.2) is 0 Å². The van der Waals surface area contributed by atoms with E-state index in [1.54, 1.807) is 6.26 Å². The van der Waals surface area contributed by atoms with E-state index >= 15 is 0 Å². The Bertz CT molecular complexity index is 798. The molecule has 0 fully saturated rings. The second kappa shape index (κ2) is 7.66. The van der Waals surface area contributed by atoms with E-state index < -0.39 is 0 Å². The molecule has 0 radical (unpaired) electrons. The minimum atomic E-state index is 0.541. The summed E-state index contributed by atoms with van der Waals surface area (Å²) < 4.78 is 11.1. The molecule has 3 aromatic rings. The topological polar surface area (TPSA) is 46.4 Å². The number of ether oxygens (including phenoxy) is 1. The van der Waals surface area contributed by atoms with Gasteiger partial charge in [0.25, 0.3) is 0 Å². The van der Waals surface area contributed by atoms with Crippen LogP contribution in [0.25, 0.3) is 0 Å². The number of nitrogens with one attached hydrogen (secondary N) is 2. The summed E-state index contributed by atoms with van der Waals surface area (Å²) in [5.41, 5.74) is 2.06. The Balaban J connectivity index is 1.53. The highest BCUT2D eigenvalue weighted by atomic mass is 32.1. The summed E-state index contributed by atoms with van der Waals surface area (Å²) in [6.45, 7) is 2.59. The van der Waals surface area contributed by atoms with Crippen LogP contribution in [0.4, 0.5) is 5.69 Å². The summed E-state index contributed by atoms with van der Waals surface area (Å²) in [5.74, 6) is 2.44. The van der Waals surface area contributed by atoms with Gasteiger partial charge in [-0.15, -0.1) is 0 Å². The van der Waals surface area contributed by atoms with Crippen LogP contribution in [0.5, 0.6) is 11.5 Å². The number of benzene rings is 2. The SMILES string of the molecule is Cc1cccc(Oc2ccc(NC(=S)NCc3ccco3)cc2)c1. The van der Waals surface area contributed by atoms with Gasteiger partial charge in [0.1, 0.15) is 17.3 Å². The van der Waals surface area contributed by atoms with Crippen molar-refractivity contribution in [3.63, 3.8) is 0 Å². The van der Waals surface area contributed by atoms with Crippen LogP contribution < -0.4 is 15.4 Å². The zero-order valence-electron chi connectivity index (χ0n) is 13.3. The molecule has 5 heteroatoms. The van der Waals surface area contributed by atoms with Gasteiger partial charge in [-0.1, -0.05) is 12.1 Å². The molecule has 2 aromatic carbocycles. The second-order valence-corrected chi connectivity index (χ2v) is 5.74. The van der Waals surface area contributed by atoms with Crippen LogP contribution in [0.3, 0.4) is 0 Å². The lowest BCUT2D eigenvalue weighted by atomic mass is 10.2. The number of rotatable bonds is 5. The summed E-state index contributed by atoms with van der Waals surface area (Å²) in [4.78, 5) is 0. The van der Waals surface area contributed by atoms with Crippen molar-refractivity contribution in [1.29, 1.82) is 0 Å². The smallest absolute Gasteiger partial charge is 0.171 e. The fourth-order valence-electron chi connectivity index (χ4n) is 2.18. The van der Waals surface area contributed by atoms with E-state index in [0.29, 0.717) is 11.7 Å². The molecule has 0 saturated carbocycles. The molecule has 0 aliphatic carbocycles. The molecular formula is C19H18N2O2S. The predicted molar refractivity (Wildman–Crippen MR) is 99.5 cm³/mol. The summed E-state index contributed by atoms with van der Waals surface area (Å²) in [6.07, 6.45) is 1.64. The summed E-state index contributed by atoms with van der Waals surface area (Å²) in [5, 5.41) is 6.76. The predicted octanol–water partition coefficient (Wildman–Crippen LogP) is 4.87. The van der Waals surface area contributed by atoms with Crippen LogP contribution in [-0.4, -0.2) is 5.11 Å². The van der Waals surface area contributed by atoms with Gasteiger partial charge in [-0.05, 0) is 73.2 Å². The maximum absolute atomic E-state index is 5.83. The van der Waals surface area contributed by atoms with Gasteiger partial charge in [0.15, 0.2) is 5.11 Å². The van der Waals surface area contributed by atoms with Crippen LogP contribution in [0, 0.1) is 6.92 Å². The van der Waals surface area contributed by atoms with Gasteiger partial charge in [0.05, 0.1) is 12.8 Å². The molecule has 122 valence electrons. The number of hydrogen-bond donors (Lipinski definition) is 2. The quantitative estimate of drug-likeness (QED) is 0.650. The highest BCUT2D eigenvalue weighted by molar-refractivity contribution is 7.80. The molecular weight excluding hydrogens is 320 g/mol. The lowest BCUT2D eigenvalue weighted by Crippen LogP contribution is -2.27. The maximum Gasteiger partial charge on any atom is 0.171 e. The fourth-order valence-corrected chi connectivity index (χ4v) is 2.37. The molecule has 0 aliphatic heterocycles. The standard InChI is InChI=1S/C19H18N2O2S/c1-14-4-2-5-17(12-14)23-16-9-7-15(8-10-16)21-19(24)20-13-18-6-3-11-22-18/h2-12H,13H2,1H3,(H2,20,21,24). The van der Waals surface area contributed by atoms with Crippen LogP contribution in [0.1, 0.15) is 11.3 Å². The molecule has 0 amide bonds. The molecule has 0 bridgehead atoms. The Kier molecular flexibility index (Phi) is 5.13. The van der Waals surface area contributed by atoms with Crippen LogP contribution in [0.15, 0.2) is 71.3 Å². The van der Waals surface area contributed by atoms with Crippen molar-refractivity contribution in [2.24, 2.45) is 0 Å². The Labute approximate surface area is 146 Å². The Hall–Kier alpha value is -2.79. The van der Waals surface area contributed by atoms with Gasteiger partial charge in [0.2, 0.25) is 0 Å². The molecule has 0 saturated heterocycles. The molecule has 1 heterocycles. The van der Waals surface area contributed by atoms with Crippen molar-refractivity contribution in [2.75, 3.05) is 5.32 Å². The molecule has 0 aliphatic rings. The largest absolute Gasteiger partial charge is 0.467 e. The molecule has 3 rings (SSSR count). The van der Waals surface area contributed by atoms with Gasteiger partial charge in [-0.3, -0.25) is 0 Å². The molecule has 1 aromatic heterocycles. The number of furan rings is 1. The minimum Gasteiger partial charge on any atom is -0.467 e. The number of thiocarbonyl (C=S) groups is 1. The van der Waals surface area contributed by atoms with Gasteiger partial charge in [0, 0.05) is 5.69 Å². The average Bonchev–Trinajstić information content (AvgIpc) is 3.08. The lowest BCUT2D eigenvalue weighted by Gasteiger charge is -2.11. The first-order chi connectivity index (χ1) is 11.7. The minimum absolute atomic E-state index is 0.541. The van der Waals surface area contributed by atoms with Crippen molar-refractivity contribution in [3.05, 3.63) is 78.3 Å². The zero-order valence-corrected chi connectivity index (χ0v) is 14.1. The van der Waals surface area contributed by atoms with E-state index in [1.165, 1.54) is 5.56 Å². The third-order valence-electron chi connectivity index (χ3n) is 3.34. The first-order valence-corrected chi connectivity index (χ1v) is 8.02. The van der Waals surface area contributed by atoms with Crippen molar-refractivity contribution in [3.8, 4) is 11.5 Å². The number of aryl methyl sites for hydroxylation is 1. The maximum atomic E-state index is 5.83. The van der Waals surface area contributed by atoms with Crippen molar-refractivity contribution >= 4 is 23.0 Å².